The van der Waals surface area contributed by atoms with Crippen LogP contribution < -0.4 is 10.9 Å². The van der Waals surface area contributed by atoms with Gasteiger partial charge in [-0.3, -0.25) is 19.3 Å². The van der Waals surface area contributed by atoms with Crippen LogP contribution >= 0.6 is 0 Å². The number of esters is 1. The zero-order valence-corrected chi connectivity index (χ0v) is 20.3. The highest BCUT2D eigenvalue weighted by Crippen LogP contribution is 2.18. The topological polar surface area (TPSA) is 121 Å². The van der Waals surface area contributed by atoms with Gasteiger partial charge in [-0.25, -0.2) is 9.48 Å². The van der Waals surface area contributed by atoms with Crippen LogP contribution in [0.3, 0.4) is 0 Å². The number of rotatable bonds is 8. The van der Waals surface area contributed by atoms with Crippen LogP contribution in [0.5, 0.6) is 0 Å². The first kappa shape index (κ1) is 24.5. The molecule has 0 aliphatic heterocycles. The van der Waals surface area contributed by atoms with Gasteiger partial charge in [-0.1, -0.05) is 25.5 Å². The lowest BCUT2D eigenvalue weighted by atomic mass is 10.1. The summed E-state index contributed by atoms with van der Waals surface area (Å²) in [4.78, 5) is 41.7. The van der Waals surface area contributed by atoms with E-state index in [0.717, 1.165) is 24.0 Å². The van der Waals surface area contributed by atoms with Crippen molar-refractivity contribution in [3.05, 3.63) is 93.8 Å². The van der Waals surface area contributed by atoms with Gasteiger partial charge in [-0.2, -0.15) is 10.2 Å². The number of aryl methyl sites for hydroxylation is 2. The summed E-state index contributed by atoms with van der Waals surface area (Å²) in [5.41, 5.74) is 3.64. The van der Waals surface area contributed by atoms with Gasteiger partial charge in [-0.15, -0.1) is 0 Å². The normalized spacial score (nSPS) is 10.8. The summed E-state index contributed by atoms with van der Waals surface area (Å²) >= 11 is 0. The number of ether oxygens (including phenoxy) is 1. The van der Waals surface area contributed by atoms with E-state index in [4.69, 9.17) is 4.74 Å². The molecule has 0 saturated carbocycles. The fourth-order valence-corrected chi connectivity index (χ4v) is 3.77. The highest BCUT2D eigenvalue weighted by atomic mass is 16.5. The van der Waals surface area contributed by atoms with Crippen molar-refractivity contribution in [2.45, 2.75) is 26.3 Å². The maximum atomic E-state index is 12.9. The van der Waals surface area contributed by atoms with E-state index in [0.29, 0.717) is 16.8 Å². The SMILES string of the molecule is CCCc1cncc(-c2ccc(=O)n(Cc3cccc(C(=O)Nc4cn(C)nc4C(=O)OC)c3)n2)c1. The molecule has 3 aromatic heterocycles. The molecule has 3 heterocycles. The van der Waals surface area contributed by atoms with Crippen molar-refractivity contribution in [1.82, 2.24) is 24.5 Å². The van der Waals surface area contributed by atoms with E-state index in [2.05, 4.69) is 27.4 Å². The molecule has 0 aliphatic carbocycles. The van der Waals surface area contributed by atoms with Crippen molar-refractivity contribution in [2.24, 2.45) is 7.05 Å². The van der Waals surface area contributed by atoms with E-state index in [1.807, 2.05) is 18.3 Å². The molecule has 4 rings (SSSR count). The largest absolute Gasteiger partial charge is 0.464 e. The second-order valence-corrected chi connectivity index (χ2v) is 8.26. The van der Waals surface area contributed by atoms with E-state index < -0.39 is 11.9 Å². The first-order valence-electron chi connectivity index (χ1n) is 11.4. The van der Waals surface area contributed by atoms with Crippen LogP contribution in [0.2, 0.25) is 0 Å². The van der Waals surface area contributed by atoms with Crippen molar-refractivity contribution in [2.75, 3.05) is 12.4 Å². The summed E-state index contributed by atoms with van der Waals surface area (Å²) < 4.78 is 7.50. The third-order valence-electron chi connectivity index (χ3n) is 5.47. The molecule has 184 valence electrons. The Kier molecular flexibility index (Phi) is 7.33. The molecule has 0 spiro atoms. The minimum Gasteiger partial charge on any atom is -0.464 e. The predicted octanol–water partition coefficient (Wildman–Crippen LogP) is 3.08. The number of benzene rings is 1. The van der Waals surface area contributed by atoms with Crippen LogP contribution in [0, 0.1) is 0 Å². The highest BCUT2D eigenvalue weighted by Gasteiger charge is 2.19. The summed E-state index contributed by atoms with van der Waals surface area (Å²) in [7, 11) is 2.88. The Morgan fingerprint density at radius 3 is 2.67 bits per heavy atom. The lowest BCUT2D eigenvalue weighted by Crippen LogP contribution is -2.23. The Hall–Kier alpha value is -4.60. The molecule has 0 unspecified atom stereocenters. The van der Waals surface area contributed by atoms with Crippen LogP contribution in [0.4, 0.5) is 5.69 Å². The third kappa shape index (κ3) is 5.54. The van der Waals surface area contributed by atoms with Crippen molar-refractivity contribution >= 4 is 17.6 Å². The smallest absolute Gasteiger partial charge is 0.360 e. The van der Waals surface area contributed by atoms with Gasteiger partial charge < -0.3 is 10.1 Å². The molecule has 10 heteroatoms. The minimum atomic E-state index is -0.652. The summed E-state index contributed by atoms with van der Waals surface area (Å²) in [5, 5.41) is 11.3. The predicted molar refractivity (Wildman–Crippen MR) is 134 cm³/mol. The van der Waals surface area contributed by atoms with Crippen LogP contribution in [0.15, 0.2) is 65.8 Å². The fraction of sp³-hybridized carbons (Fsp3) is 0.231. The first-order valence-corrected chi connectivity index (χ1v) is 11.4. The second-order valence-electron chi connectivity index (χ2n) is 8.26. The number of nitrogens with one attached hydrogen (secondary N) is 1. The number of methoxy groups -OCH3 is 1. The first-order chi connectivity index (χ1) is 17.4. The van der Waals surface area contributed by atoms with Crippen LogP contribution in [0.1, 0.15) is 45.3 Å². The van der Waals surface area contributed by atoms with Crippen LogP contribution in [-0.2, 0) is 24.8 Å². The molecule has 36 heavy (non-hydrogen) atoms. The molecule has 1 amide bonds. The third-order valence-corrected chi connectivity index (χ3v) is 5.47. The van der Waals surface area contributed by atoms with E-state index in [9.17, 15) is 14.4 Å². The van der Waals surface area contributed by atoms with Gasteiger partial charge in [0.15, 0.2) is 5.69 Å². The van der Waals surface area contributed by atoms with Gasteiger partial charge >= 0.3 is 5.97 Å². The molecule has 0 bridgehead atoms. The lowest BCUT2D eigenvalue weighted by Gasteiger charge is -2.10. The van der Waals surface area contributed by atoms with Gasteiger partial charge in [0.2, 0.25) is 0 Å². The van der Waals surface area contributed by atoms with E-state index in [1.165, 1.54) is 28.7 Å². The quantitative estimate of drug-likeness (QED) is 0.380. The van der Waals surface area contributed by atoms with Gasteiger partial charge in [0.1, 0.15) is 0 Å². The monoisotopic (exact) mass is 486 g/mol. The molecule has 0 atom stereocenters. The Morgan fingerprint density at radius 2 is 1.89 bits per heavy atom. The Morgan fingerprint density at radius 1 is 1.06 bits per heavy atom. The van der Waals surface area contributed by atoms with Gasteiger partial charge in [0, 0.05) is 42.8 Å². The summed E-state index contributed by atoms with van der Waals surface area (Å²) in [6.07, 6.45) is 7.00. The van der Waals surface area contributed by atoms with Crippen molar-refractivity contribution in [1.29, 1.82) is 0 Å². The number of carbonyl (C=O) groups is 2. The van der Waals surface area contributed by atoms with Gasteiger partial charge in [0.25, 0.3) is 11.5 Å². The number of aromatic nitrogens is 5. The van der Waals surface area contributed by atoms with E-state index in [1.54, 1.807) is 37.5 Å². The highest BCUT2D eigenvalue weighted by molar-refractivity contribution is 6.07. The molecular formula is C26H26N6O4. The van der Waals surface area contributed by atoms with Crippen LogP contribution in [-0.4, -0.2) is 43.5 Å². The average molecular weight is 487 g/mol. The molecule has 1 aromatic carbocycles. The summed E-state index contributed by atoms with van der Waals surface area (Å²) in [5.74, 6) is -1.08. The number of nitrogens with zero attached hydrogens (tertiary/aromatic N) is 5. The molecule has 1 N–H and O–H groups in total. The second kappa shape index (κ2) is 10.8. The lowest BCUT2D eigenvalue weighted by molar-refractivity contribution is 0.0594. The molecule has 0 aliphatic rings. The van der Waals surface area contributed by atoms with Gasteiger partial charge in [0.05, 0.1) is 25.0 Å². The zero-order chi connectivity index (χ0) is 25.7. The molecular weight excluding hydrogens is 460 g/mol. The Balaban J connectivity index is 1.56. The summed E-state index contributed by atoms with van der Waals surface area (Å²) in [6, 6.07) is 12.0. The van der Waals surface area contributed by atoms with Crippen LogP contribution in [0.25, 0.3) is 11.3 Å². The standard InChI is InChI=1S/C26H26N6O4/c1-4-6-17-11-20(14-27-13-17)21-9-10-23(33)32(29-21)15-18-7-5-8-19(12-18)25(34)28-22-16-31(2)30-24(22)26(35)36-3/h5,7-14,16H,4,6,15H2,1-3H3,(H,28,34). The van der Waals surface area contributed by atoms with Crippen molar-refractivity contribution in [3.8, 4) is 11.3 Å². The average Bonchev–Trinajstić information content (AvgIpc) is 3.25. The molecule has 10 nitrogen and oxygen atoms in total. The molecule has 0 saturated heterocycles. The number of pyridine rings is 1. The van der Waals surface area contributed by atoms with E-state index in [-0.39, 0.29) is 23.5 Å². The molecule has 4 aromatic rings. The zero-order valence-electron chi connectivity index (χ0n) is 20.3. The molecule has 0 radical (unpaired) electrons. The summed E-state index contributed by atoms with van der Waals surface area (Å²) in [6.45, 7) is 2.28. The van der Waals surface area contributed by atoms with Crippen molar-refractivity contribution < 1.29 is 14.3 Å². The Labute approximate surface area is 207 Å². The molecule has 0 fully saturated rings. The van der Waals surface area contributed by atoms with Gasteiger partial charge in [-0.05, 0) is 41.8 Å². The fourth-order valence-electron chi connectivity index (χ4n) is 3.77. The van der Waals surface area contributed by atoms with E-state index >= 15 is 0 Å². The number of anilines is 1. The van der Waals surface area contributed by atoms with Crippen molar-refractivity contribution in [3.63, 3.8) is 0 Å². The minimum absolute atomic E-state index is 0.00886. The number of carbonyl (C=O) groups excluding carboxylic acids is 2. The maximum Gasteiger partial charge on any atom is 0.360 e. The maximum absolute atomic E-state index is 12.9. The number of hydrogen-bond donors (Lipinski definition) is 1. The number of amides is 1. The number of hydrogen-bond acceptors (Lipinski definition) is 7. The Bertz CT molecular complexity index is 1470.